The Morgan fingerprint density at radius 2 is 2.21 bits per heavy atom. The molecule has 0 saturated carbocycles. The fraction of sp³-hybridized carbons (Fsp3) is 0.545. The lowest BCUT2D eigenvalue weighted by molar-refractivity contribution is 0.778. The number of unbranched alkanes of at least 4 members (excludes halogenated alkanes) is 2. The van der Waals surface area contributed by atoms with Crippen LogP contribution in [-0.4, -0.2) is 10.7 Å². The molecule has 0 aromatic carbocycles. The van der Waals surface area contributed by atoms with Gasteiger partial charge in [-0.25, -0.2) is 4.98 Å². The Balaban J connectivity index is 2.39. The summed E-state index contributed by atoms with van der Waals surface area (Å²) in [5, 5.41) is 1.05. The predicted molar refractivity (Wildman–Crippen MR) is 63.6 cm³/mol. The number of hydrogen-bond acceptors (Lipinski definition) is 3. The first-order valence-corrected chi connectivity index (χ1v) is 6.07. The Morgan fingerprint density at radius 1 is 1.43 bits per heavy atom. The number of hydrogen-bond donors (Lipinski definition) is 1. The summed E-state index contributed by atoms with van der Waals surface area (Å²) in [7, 11) is 0. The van der Waals surface area contributed by atoms with Gasteiger partial charge in [0.25, 0.3) is 0 Å². The van der Waals surface area contributed by atoms with Crippen LogP contribution in [0.3, 0.4) is 0 Å². The Bertz CT molecular complexity index is 287. The molecule has 0 spiro atoms. The van der Waals surface area contributed by atoms with E-state index in [2.05, 4.69) is 11.9 Å². The van der Waals surface area contributed by atoms with E-state index >= 15 is 0 Å². The van der Waals surface area contributed by atoms with Gasteiger partial charge in [-0.15, -0.1) is 11.8 Å². The van der Waals surface area contributed by atoms with Gasteiger partial charge in [0.15, 0.2) is 0 Å². The Morgan fingerprint density at radius 3 is 2.86 bits per heavy atom. The van der Waals surface area contributed by atoms with E-state index in [9.17, 15) is 0 Å². The van der Waals surface area contributed by atoms with E-state index in [0.29, 0.717) is 0 Å². The number of nitrogens with zero attached hydrogens (tertiary/aromatic N) is 1. The van der Waals surface area contributed by atoms with Crippen molar-refractivity contribution in [2.45, 2.75) is 38.1 Å². The normalized spacial score (nSPS) is 10.4. The van der Waals surface area contributed by atoms with E-state index in [0.717, 1.165) is 22.0 Å². The number of pyridine rings is 1. The molecule has 1 rings (SSSR count). The van der Waals surface area contributed by atoms with Gasteiger partial charge < -0.3 is 5.73 Å². The molecule has 1 aromatic rings. The smallest absolute Gasteiger partial charge is 0.0980 e. The first kappa shape index (κ1) is 11.4. The Hall–Kier alpha value is -0.700. The van der Waals surface area contributed by atoms with Crippen molar-refractivity contribution in [2.75, 3.05) is 11.5 Å². The first-order chi connectivity index (χ1) is 6.74. The highest BCUT2D eigenvalue weighted by Gasteiger charge is 1.98. The zero-order valence-corrected chi connectivity index (χ0v) is 9.73. The number of nitrogen functional groups attached to an aromatic ring is 1. The molecule has 0 unspecified atom stereocenters. The highest BCUT2D eigenvalue weighted by atomic mass is 32.2. The van der Waals surface area contributed by atoms with E-state index in [1.54, 1.807) is 11.8 Å². The number of anilines is 1. The fourth-order valence-electron chi connectivity index (χ4n) is 1.13. The molecule has 0 aliphatic rings. The standard InChI is InChI=1S/C11H18N2S/c1-3-4-5-6-14-11-7-10(12)9(2)8-13-11/h7-8H,3-6H2,1-2H3,(H2,12,13). The molecule has 14 heavy (non-hydrogen) atoms. The van der Waals surface area contributed by atoms with Gasteiger partial charge in [-0.3, -0.25) is 0 Å². The zero-order valence-electron chi connectivity index (χ0n) is 8.92. The van der Waals surface area contributed by atoms with E-state index in [4.69, 9.17) is 5.73 Å². The van der Waals surface area contributed by atoms with E-state index in [1.165, 1.54) is 19.3 Å². The minimum absolute atomic E-state index is 0.845. The maximum Gasteiger partial charge on any atom is 0.0980 e. The largest absolute Gasteiger partial charge is 0.398 e. The number of thioether (sulfide) groups is 1. The summed E-state index contributed by atoms with van der Waals surface area (Å²) in [6.45, 7) is 4.20. The molecule has 0 saturated heterocycles. The zero-order chi connectivity index (χ0) is 10.4. The fourth-order valence-corrected chi connectivity index (χ4v) is 2.02. The molecule has 1 aromatic heterocycles. The summed E-state index contributed by atoms with van der Waals surface area (Å²) >= 11 is 1.79. The average molecular weight is 210 g/mol. The van der Waals surface area contributed by atoms with Gasteiger partial charge in [-0.2, -0.15) is 0 Å². The molecule has 0 bridgehead atoms. The van der Waals surface area contributed by atoms with Gasteiger partial charge in [-0.1, -0.05) is 19.8 Å². The van der Waals surface area contributed by atoms with Gasteiger partial charge in [0.1, 0.15) is 0 Å². The molecule has 2 N–H and O–H groups in total. The Kier molecular flexibility index (Phi) is 4.80. The van der Waals surface area contributed by atoms with Gasteiger partial charge in [0.2, 0.25) is 0 Å². The van der Waals surface area contributed by atoms with Gasteiger partial charge in [0, 0.05) is 11.9 Å². The van der Waals surface area contributed by atoms with Gasteiger partial charge in [-0.05, 0) is 30.7 Å². The summed E-state index contributed by atoms with van der Waals surface area (Å²) < 4.78 is 0. The predicted octanol–water partition coefficient (Wildman–Crippen LogP) is 3.25. The van der Waals surface area contributed by atoms with Crippen LogP contribution in [0.15, 0.2) is 17.3 Å². The highest BCUT2D eigenvalue weighted by molar-refractivity contribution is 7.99. The van der Waals surface area contributed by atoms with Crippen LogP contribution in [0.2, 0.25) is 0 Å². The monoisotopic (exact) mass is 210 g/mol. The molecular formula is C11H18N2S. The maximum atomic E-state index is 5.80. The molecule has 3 heteroatoms. The van der Waals surface area contributed by atoms with Crippen LogP contribution in [-0.2, 0) is 0 Å². The van der Waals surface area contributed by atoms with Gasteiger partial charge >= 0.3 is 0 Å². The van der Waals surface area contributed by atoms with Crippen LogP contribution in [0.4, 0.5) is 5.69 Å². The maximum absolute atomic E-state index is 5.80. The lowest BCUT2D eigenvalue weighted by Gasteiger charge is -2.03. The summed E-state index contributed by atoms with van der Waals surface area (Å²) in [6, 6.07) is 1.96. The highest BCUT2D eigenvalue weighted by Crippen LogP contribution is 2.20. The second-order valence-corrected chi connectivity index (χ2v) is 4.55. The summed E-state index contributed by atoms with van der Waals surface area (Å²) in [4.78, 5) is 4.32. The van der Waals surface area contributed by atoms with E-state index in [-0.39, 0.29) is 0 Å². The SMILES string of the molecule is CCCCCSc1cc(N)c(C)cn1. The molecule has 1 heterocycles. The summed E-state index contributed by atoms with van der Waals surface area (Å²) in [5.74, 6) is 1.14. The molecule has 2 nitrogen and oxygen atoms in total. The molecule has 0 aliphatic carbocycles. The van der Waals surface area contributed by atoms with Crippen molar-refractivity contribution in [3.05, 3.63) is 17.8 Å². The summed E-state index contributed by atoms with van der Waals surface area (Å²) in [5.41, 5.74) is 7.70. The van der Waals surface area contributed by atoms with Crippen molar-refractivity contribution in [3.8, 4) is 0 Å². The minimum atomic E-state index is 0.845. The molecular weight excluding hydrogens is 192 g/mol. The van der Waals surface area contributed by atoms with E-state index < -0.39 is 0 Å². The second-order valence-electron chi connectivity index (χ2n) is 3.43. The molecule has 0 amide bonds. The number of aryl methyl sites for hydroxylation is 1. The first-order valence-electron chi connectivity index (χ1n) is 5.09. The third-order valence-electron chi connectivity index (χ3n) is 2.12. The molecule has 0 radical (unpaired) electrons. The van der Waals surface area contributed by atoms with Crippen LogP contribution in [0.25, 0.3) is 0 Å². The van der Waals surface area contributed by atoms with E-state index in [1.807, 2.05) is 19.2 Å². The minimum Gasteiger partial charge on any atom is -0.398 e. The van der Waals surface area contributed by atoms with Crippen LogP contribution < -0.4 is 5.73 Å². The van der Waals surface area contributed by atoms with Crippen molar-refractivity contribution in [1.29, 1.82) is 0 Å². The molecule has 0 fully saturated rings. The number of nitrogens with two attached hydrogens (primary N) is 1. The number of aromatic nitrogens is 1. The third kappa shape index (κ3) is 3.58. The van der Waals surface area contributed by atoms with Crippen molar-refractivity contribution < 1.29 is 0 Å². The van der Waals surface area contributed by atoms with Crippen molar-refractivity contribution in [3.63, 3.8) is 0 Å². The topological polar surface area (TPSA) is 38.9 Å². The number of rotatable bonds is 5. The lowest BCUT2D eigenvalue weighted by atomic mass is 10.3. The van der Waals surface area contributed by atoms with Gasteiger partial charge in [0.05, 0.1) is 5.03 Å². The second kappa shape index (κ2) is 5.91. The van der Waals surface area contributed by atoms with Crippen LogP contribution in [0.1, 0.15) is 31.7 Å². The molecule has 78 valence electrons. The molecule has 0 atom stereocenters. The van der Waals surface area contributed by atoms with Crippen LogP contribution in [0.5, 0.6) is 0 Å². The van der Waals surface area contributed by atoms with Crippen molar-refractivity contribution in [2.24, 2.45) is 0 Å². The Labute approximate surface area is 90.3 Å². The molecule has 0 aliphatic heterocycles. The lowest BCUT2D eigenvalue weighted by Crippen LogP contribution is -1.92. The third-order valence-corrected chi connectivity index (χ3v) is 3.13. The van der Waals surface area contributed by atoms with Crippen molar-refractivity contribution >= 4 is 17.4 Å². The van der Waals surface area contributed by atoms with Crippen LogP contribution >= 0.6 is 11.8 Å². The quantitative estimate of drug-likeness (QED) is 0.599. The average Bonchev–Trinajstić information content (AvgIpc) is 2.18. The van der Waals surface area contributed by atoms with Crippen LogP contribution in [0, 0.1) is 6.92 Å². The summed E-state index contributed by atoms with van der Waals surface area (Å²) in [6.07, 6.45) is 5.67. The van der Waals surface area contributed by atoms with Crippen molar-refractivity contribution in [1.82, 2.24) is 4.98 Å².